The van der Waals surface area contributed by atoms with Gasteiger partial charge >= 0.3 is 5.97 Å². The summed E-state index contributed by atoms with van der Waals surface area (Å²) in [5.74, 6) is 0.403. The summed E-state index contributed by atoms with van der Waals surface area (Å²) >= 11 is 0. The summed E-state index contributed by atoms with van der Waals surface area (Å²) in [5.41, 5.74) is 2.75. The first-order chi connectivity index (χ1) is 10.8. The fourth-order valence-corrected chi connectivity index (χ4v) is 2.63. The lowest BCUT2D eigenvalue weighted by molar-refractivity contribution is 0.0492. The molecular weight excluding hydrogens is 280 g/mol. The van der Waals surface area contributed by atoms with Crippen LogP contribution in [0.4, 0.5) is 0 Å². The van der Waals surface area contributed by atoms with E-state index >= 15 is 0 Å². The second kappa shape index (κ2) is 5.02. The van der Waals surface area contributed by atoms with Crippen molar-refractivity contribution in [1.29, 1.82) is 0 Å². The fourth-order valence-electron chi connectivity index (χ4n) is 2.63. The van der Waals surface area contributed by atoms with E-state index in [0.29, 0.717) is 18.1 Å². The van der Waals surface area contributed by atoms with E-state index in [1.54, 1.807) is 13.0 Å². The van der Waals surface area contributed by atoms with Crippen LogP contribution in [0, 0.1) is 0 Å². The molecular formula is C17H16N2O3. The molecule has 0 aliphatic heterocycles. The van der Waals surface area contributed by atoms with Crippen LogP contribution in [-0.2, 0) is 4.74 Å². The van der Waals surface area contributed by atoms with Crippen LogP contribution in [0.25, 0.3) is 16.7 Å². The molecule has 5 nitrogen and oxygen atoms in total. The molecule has 1 aliphatic rings. The molecule has 2 heterocycles. The van der Waals surface area contributed by atoms with Gasteiger partial charge in [-0.25, -0.2) is 9.78 Å². The lowest BCUT2D eigenvalue weighted by Crippen LogP contribution is -2.02. The number of imidazole rings is 1. The summed E-state index contributed by atoms with van der Waals surface area (Å²) in [6, 6.07) is 7.48. The Kier molecular flexibility index (Phi) is 2.99. The summed E-state index contributed by atoms with van der Waals surface area (Å²) in [5, 5.41) is 0.880. The third kappa shape index (κ3) is 2.19. The average molecular weight is 296 g/mol. The largest absolute Gasteiger partial charge is 0.460 e. The number of furan rings is 1. The lowest BCUT2D eigenvalue weighted by atomic mass is 10.2. The van der Waals surface area contributed by atoms with Crippen molar-refractivity contribution in [1.82, 2.24) is 9.55 Å². The summed E-state index contributed by atoms with van der Waals surface area (Å²) < 4.78 is 12.6. The molecule has 5 heteroatoms. The van der Waals surface area contributed by atoms with Gasteiger partial charge in [0.2, 0.25) is 5.76 Å². The van der Waals surface area contributed by atoms with E-state index in [-0.39, 0.29) is 5.76 Å². The highest BCUT2D eigenvalue weighted by atomic mass is 16.5. The highest BCUT2D eigenvalue weighted by Gasteiger charge is 2.26. The molecule has 3 aromatic rings. The molecule has 0 unspecified atom stereocenters. The van der Waals surface area contributed by atoms with Crippen molar-refractivity contribution in [3.8, 4) is 5.69 Å². The minimum atomic E-state index is -0.436. The zero-order valence-electron chi connectivity index (χ0n) is 12.3. The normalized spacial score (nSPS) is 14.4. The van der Waals surface area contributed by atoms with Crippen LogP contribution in [0.15, 0.2) is 41.2 Å². The van der Waals surface area contributed by atoms with E-state index < -0.39 is 5.97 Å². The number of fused-ring (bicyclic) bond motifs is 1. The van der Waals surface area contributed by atoms with Crippen LogP contribution in [0.3, 0.4) is 0 Å². The number of rotatable bonds is 4. The third-order valence-corrected chi connectivity index (χ3v) is 3.89. The summed E-state index contributed by atoms with van der Waals surface area (Å²) in [7, 11) is 0. The molecule has 22 heavy (non-hydrogen) atoms. The number of ether oxygens (including phenoxy) is 1. The molecule has 4 rings (SSSR count). The predicted octanol–water partition coefficient (Wildman–Crippen LogP) is 3.67. The number of aromatic nitrogens is 2. The average Bonchev–Trinajstić information content (AvgIpc) is 3.10. The van der Waals surface area contributed by atoms with Crippen molar-refractivity contribution in [3.05, 3.63) is 48.2 Å². The van der Waals surface area contributed by atoms with Crippen molar-refractivity contribution >= 4 is 16.9 Å². The lowest BCUT2D eigenvalue weighted by Gasteiger charge is -2.02. The first-order valence-electron chi connectivity index (χ1n) is 7.50. The third-order valence-electron chi connectivity index (χ3n) is 3.89. The van der Waals surface area contributed by atoms with Crippen molar-refractivity contribution in [3.63, 3.8) is 0 Å². The number of esters is 1. The van der Waals surface area contributed by atoms with Crippen LogP contribution in [0.1, 0.15) is 41.9 Å². The van der Waals surface area contributed by atoms with Gasteiger partial charge in [0, 0.05) is 23.6 Å². The number of hydrogen-bond donors (Lipinski definition) is 0. The van der Waals surface area contributed by atoms with E-state index in [0.717, 1.165) is 16.8 Å². The molecule has 0 atom stereocenters. The molecule has 0 saturated heterocycles. The van der Waals surface area contributed by atoms with Gasteiger partial charge < -0.3 is 13.7 Å². The van der Waals surface area contributed by atoms with Crippen LogP contribution in [0.5, 0.6) is 0 Å². The quantitative estimate of drug-likeness (QED) is 0.689. The monoisotopic (exact) mass is 296 g/mol. The van der Waals surface area contributed by atoms with Crippen molar-refractivity contribution in [2.75, 3.05) is 6.61 Å². The number of carbonyl (C=O) groups is 1. The molecule has 1 fully saturated rings. The van der Waals surface area contributed by atoms with E-state index in [1.807, 2.05) is 29.1 Å². The van der Waals surface area contributed by atoms with Gasteiger partial charge in [-0.2, -0.15) is 0 Å². The highest BCUT2D eigenvalue weighted by molar-refractivity contribution is 5.95. The van der Waals surface area contributed by atoms with Crippen molar-refractivity contribution in [2.24, 2.45) is 0 Å². The maximum atomic E-state index is 11.8. The Bertz CT molecular complexity index is 843. The standard InChI is InChI=1S/C17H16N2O3/c1-2-21-17(20)16-8-12-14(4-3-5-15(12)22-16)19-9-13(18-10-19)11-6-7-11/h3-5,8-11H,2,6-7H2,1H3. The Labute approximate surface area is 127 Å². The smallest absolute Gasteiger partial charge is 0.374 e. The van der Waals surface area contributed by atoms with Crippen molar-refractivity contribution < 1.29 is 13.9 Å². The number of benzene rings is 1. The number of hydrogen-bond acceptors (Lipinski definition) is 4. The maximum absolute atomic E-state index is 11.8. The highest BCUT2D eigenvalue weighted by Crippen LogP contribution is 2.39. The maximum Gasteiger partial charge on any atom is 0.374 e. The molecule has 0 radical (unpaired) electrons. The fraction of sp³-hybridized carbons (Fsp3) is 0.294. The van der Waals surface area contributed by atoms with Crippen LogP contribution in [0.2, 0.25) is 0 Å². The zero-order valence-corrected chi connectivity index (χ0v) is 12.3. The predicted molar refractivity (Wildman–Crippen MR) is 81.3 cm³/mol. The summed E-state index contributed by atoms with van der Waals surface area (Å²) in [6.45, 7) is 2.10. The van der Waals surface area contributed by atoms with Gasteiger partial charge in [0.1, 0.15) is 5.58 Å². The van der Waals surface area contributed by atoms with Gasteiger partial charge in [-0.3, -0.25) is 0 Å². The van der Waals surface area contributed by atoms with Crippen molar-refractivity contribution in [2.45, 2.75) is 25.7 Å². The molecule has 0 bridgehead atoms. The van der Waals surface area contributed by atoms with E-state index in [4.69, 9.17) is 9.15 Å². The summed E-state index contributed by atoms with van der Waals surface area (Å²) in [4.78, 5) is 16.3. The second-order valence-electron chi connectivity index (χ2n) is 5.50. The van der Waals surface area contributed by atoms with Gasteiger partial charge in [0.05, 0.1) is 24.3 Å². The van der Waals surface area contributed by atoms with Gasteiger partial charge in [-0.1, -0.05) is 6.07 Å². The van der Waals surface area contributed by atoms with Gasteiger partial charge in [0.15, 0.2) is 0 Å². The Balaban J connectivity index is 1.77. The second-order valence-corrected chi connectivity index (χ2v) is 5.50. The molecule has 0 N–H and O–H groups in total. The summed E-state index contributed by atoms with van der Waals surface area (Å²) in [6.07, 6.45) is 6.32. The van der Waals surface area contributed by atoms with Gasteiger partial charge in [0.25, 0.3) is 0 Å². The minimum absolute atomic E-state index is 0.229. The SMILES string of the molecule is CCOC(=O)c1cc2c(-n3cnc(C4CC4)c3)cccc2o1. The first-order valence-corrected chi connectivity index (χ1v) is 7.50. The first kappa shape index (κ1) is 13.1. The zero-order chi connectivity index (χ0) is 15.1. The topological polar surface area (TPSA) is 57.3 Å². The number of nitrogens with zero attached hydrogens (tertiary/aromatic N) is 2. The Morgan fingerprint density at radius 2 is 2.32 bits per heavy atom. The Hall–Kier alpha value is -2.56. The Morgan fingerprint density at radius 3 is 3.09 bits per heavy atom. The van der Waals surface area contributed by atoms with E-state index in [9.17, 15) is 4.79 Å². The molecule has 0 spiro atoms. The molecule has 0 amide bonds. The molecule has 1 aliphatic carbocycles. The number of carbonyl (C=O) groups excluding carboxylic acids is 1. The molecule has 1 aromatic carbocycles. The van der Waals surface area contributed by atoms with Crippen LogP contribution >= 0.6 is 0 Å². The van der Waals surface area contributed by atoms with Gasteiger partial charge in [-0.15, -0.1) is 0 Å². The minimum Gasteiger partial charge on any atom is -0.460 e. The van der Waals surface area contributed by atoms with Crippen LogP contribution in [-0.4, -0.2) is 22.1 Å². The molecule has 1 saturated carbocycles. The molecule has 112 valence electrons. The van der Waals surface area contributed by atoms with Gasteiger partial charge in [-0.05, 0) is 31.9 Å². The van der Waals surface area contributed by atoms with E-state index in [1.165, 1.54) is 12.8 Å². The Morgan fingerprint density at radius 1 is 1.45 bits per heavy atom. The molecule has 2 aromatic heterocycles. The van der Waals surface area contributed by atoms with E-state index in [2.05, 4.69) is 11.2 Å². The van der Waals surface area contributed by atoms with Crippen LogP contribution < -0.4 is 0 Å².